The van der Waals surface area contributed by atoms with Gasteiger partial charge in [0, 0.05) is 24.9 Å². The predicted molar refractivity (Wildman–Crippen MR) is 143 cm³/mol. The number of benzene rings is 3. The highest BCUT2D eigenvalue weighted by Crippen LogP contribution is 2.39. The average molecular weight is 552 g/mol. The first kappa shape index (κ1) is 27.4. The second kappa shape index (κ2) is 11.5. The van der Waals surface area contributed by atoms with Gasteiger partial charge in [0.15, 0.2) is 11.6 Å². The number of nitrogens with zero attached hydrogens (tertiary/aromatic N) is 2. The minimum atomic E-state index is -1.09. The first-order valence-electron chi connectivity index (χ1n) is 13.1. The molecule has 1 heterocycles. The molecule has 0 spiro atoms. The molecule has 2 N–H and O–H groups in total. The summed E-state index contributed by atoms with van der Waals surface area (Å²) in [6, 6.07) is 12.5. The van der Waals surface area contributed by atoms with Crippen molar-refractivity contribution in [3.8, 4) is 0 Å². The second-order valence-electron chi connectivity index (χ2n) is 9.98. The maximum Gasteiger partial charge on any atom is 0.335 e. The first-order chi connectivity index (χ1) is 19.3. The highest BCUT2D eigenvalue weighted by atomic mass is 19.2. The van der Waals surface area contributed by atoms with Gasteiger partial charge in [0.05, 0.1) is 16.6 Å². The lowest BCUT2D eigenvalue weighted by Gasteiger charge is -2.33. The van der Waals surface area contributed by atoms with Crippen molar-refractivity contribution in [2.75, 3.05) is 12.4 Å². The molecule has 2 unspecified atom stereocenters. The third-order valence-corrected chi connectivity index (χ3v) is 7.44. The number of rotatable bonds is 8. The van der Waals surface area contributed by atoms with Crippen LogP contribution in [0, 0.1) is 23.4 Å². The van der Waals surface area contributed by atoms with Crippen LogP contribution in [0.2, 0.25) is 0 Å². The highest BCUT2D eigenvalue weighted by Gasteiger charge is 2.36. The summed E-state index contributed by atoms with van der Waals surface area (Å²) in [6.45, 7) is 0. The third-order valence-electron chi connectivity index (χ3n) is 7.44. The van der Waals surface area contributed by atoms with E-state index in [1.807, 2.05) is 0 Å². The molecule has 5 rings (SSSR count). The SMILES string of the molecule is COC(c1ccc(F)cc1)c1nc2cc(F)c(F)cc2n1C(C(=O)Nc1ccc(C(=O)O)cc1)C1CCCCC1. The van der Waals surface area contributed by atoms with Crippen LogP contribution in [-0.2, 0) is 9.53 Å². The molecule has 0 bridgehead atoms. The van der Waals surface area contributed by atoms with Crippen molar-refractivity contribution in [2.45, 2.75) is 44.2 Å². The van der Waals surface area contributed by atoms with Crippen LogP contribution in [0.5, 0.6) is 0 Å². The second-order valence-corrected chi connectivity index (χ2v) is 9.98. The number of hydrogen-bond donors (Lipinski definition) is 2. The van der Waals surface area contributed by atoms with Crippen molar-refractivity contribution >= 4 is 28.6 Å². The molecule has 1 aromatic heterocycles. The number of amides is 1. The number of methoxy groups -OCH3 is 1. The Labute approximate surface area is 228 Å². The molecule has 0 radical (unpaired) electrons. The normalized spacial score (nSPS) is 15.6. The number of hydrogen-bond acceptors (Lipinski definition) is 4. The van der Waals surface area contributed by atoms with E-state index in [-0.39, 0.29) is 28.3 Å². The van der Waals surface area contributed by atoms with Crippen LogP contribution < -0.4 is 5.32 Å². The minimum absolute atomic E-state index is 0.0736. The Balaban J connectivity index is 1.66. The molecule has 2 atom stereocenters. The molecular formula is C30H28F3N3O4. The van der Waals surface area contributed by atoms with Gasteiger partial charge in [0.1, 0.15) is 23.8 Å². The van der Waals surface area contributed by atoms with Crippen LogP contribution in [0.25, 0.3) is 11.0 Å². The lowest BCUT2D eigenvalue weighted by Crippen LogP contribution is -2.35. The standard InChI is InChI=1S/C30H28F3N3O4/c1-40-27(18-7-11-20(31)12-8-18)28-35-24-15-22(32)23(33)16-25(24)36(28)26(17-5-3-2-4-6-17)29(37)34-21-13-9-19(10-14-21)30(38)39/h7-17,26-27H,2-6H2,1H3,(H,34,37)(H,38,39). The Bertz CT molecular complexity index is 1530. The maximum atomic E-state index is 14.6. The fourth-order valence-electron chi connectivity index (χ4n) is 5.52. The largest absolute Gasteiger partial charge is 0.478 e. The van der Waals surface area contributed by atoms with E-state index >= 15 is 0 Å². The molecule has 0 aliphatic heterocycles. The van der Waals surface area contributed by atoms with Gasteiger partial charge in [0.2, 0.25) is 5.91 Å². The van der Waals surface area contributed by atoms with E-state index in [2.05, 4.69) is 10.3 Å². The van der Waals surface area contributed by atoms with Crippen LogP contribution in [0.3, 0.4) is 0 Å². The zero-order chi connectivity index (χ0) is 28.4. The summed E-state index contributed by atoms with van der Waals surface area (Å²) in [5.41, 5.74) is 1.39. The molecule has 1 aliphatic rings. The third kappa shape index (κ3) is 5.44. The lowest BCUT2D eigenvalue weighted by atomic mass is 9.83. The molecule has 1 aliphatic carbocycles. The van der Waals surface area contributed by atoms with Gasteiger partial charge >= 0.3 is 5.97 Å². The van der Waals surface area contributed by atoms with Gasteiger partial charge < -0.3 is 19.7 Å². The van der Waals surface area contributed by atoms with Gasteiger partial charge in [-0.1, -0.05) is 31.4 Å². The quantitative estimate of drug-likeness (QED) is 0.256. The van der Waals surface area contributed by atoms with E-state index in [4.69, 9.17) is 4.74 Å². The van der Waals surface area contributed by atoms with E-state index in [0.717, 1.165) is 44.2 Å². The van der Waals surface area contributed by atoms with E-state index in [0.29, 0.717) is 11.3 Å². The van der Waals surface area contributed by atoms with E-state index in [1.54, 1.807) is 4.57 Å². The number of imidazole rings is 1. The molecule has 1 fully saturated rings. The number of fused-ring (bicyclic) bond motifs is 1. The summed E-state index contributed by atoms with van der Waals surface area (Å²) in [5, 5.41) is 12.1. The Kier molecular flexibility index (Phi) is 7.88. The van der Waals surface area contributed by atoms with Crippen molar-refractivity contribution in [1.29, 1.82) is 0 Å². The summed E-state index contributed by atoms with van der Waals surface area (Å²) in [6.07, 6.45) is 3.42. The summed E-state index contributed by atoms with van der Waals surface area (Å²) in [5.74, 6) is -3.99. The first-order valence-corrected chi connectivity index (χ1v) is 13.1. The highest BCUT2D eigenvalue weighted by molar-refractivity contribution is 5.96. The van der Waals surface area contributed by atoms with Gasteiger partial charge in [-0.2, -0.15) is 0 Å². The molecule has 10 heteroatoms. The Morgan fingerprint density at radius 1 is 0.975 bits per heavy atom. The van der Waals surface area contributed by atoms with Gasteiger partial charge in [-0.15, -0.1) is 0 Å². The number of carbonyl (C=O) groups excluding carboxylic acids is 1. The molecule has 208 valence electrons. The van der Waals surface area contributed by atoms with Gasteiger partial charge in [-0.05, 0) is 60.7 Å². The molecule has 40 heavy (non-hydrogen) atoms. The van der Waals surface area contributed by atoms with Gasteiger partial charge in [-0.3, -0.25) is 4.79 Å². The van der Waals surface area contributed by atoms with Gasteiger partial charge in [-0.25, -0.2) is 22.9 Å². The lowest BCUT2D eigenvalue weighted by molar-refractivity contribution is -0.121. The molecule has 0 saturated heterocycles. The zero-order valence-corrected chi connectivity index (χ0v) is 21.7. The number of halogens is 3. The molecule has 1 amide bonds. The van der Waals surface area contributed by atoms with Crippen molar-refractivity contribution in [1.82, 2.24) is 9.55 Å². The Hall–Kier alpha value is -4.18. The summed E-state index contributed by atoms with van der Waals surface area (Å²) in [4.78, 5) is 29.9. The number of carbonyl (C=O) groups is 2. The van der Waals surface area contributed by atoms with E-state index < -0.39 is 41.5 Å². The summed E-state index contributed by atoms with van der Waals surface area (Å²) in [7, 11) is 1.44. The summed E-state index contributed by atoms with van der Waals surface area (Å²) >= 11 is 0. The number of aromatic nitrogens is 2. The van der Waals surface area contributed by atoms with Crippen LogP contribution in [-0.4, -0.2) is 33.6 Å². The average Bonchev–Trinajstić information content (AvgIpc) is 3.28. The Morgan fingerprint density at radius 3 is 2.25 bits per heavy atom. The minimum Gasteiger partial charge on any atom is -0.478 e. The fraction of sp³-hybridized carbons (Fsp3) is 0.300. The number of anilines is 1. The predicted octanol–water partition coefficient (Wildman–Crippen LogP) is 6.65. The van der Waals surface area contributed by atoms with Crippen LogP contribution in [0.4, 0.5) is 18.9 Å². The van der Waals surface area contributed by atoms with E-state index in [1.165, 1.54) is 55.6 Å². The van der Waals surface area contributed by atoms with Gasteiger partial charge in [0.25, 0.3) is 0 Å². The number of carboxylic acids is 1. The topological polar surface area (TPSA) is 93.5 Å². The molecule has 4 aromatic rings. The monoisotopic (exact) mass is 551 g/mol. The van der Waals surface area contributed by atoms with Crippen LogP contribution in [0.1, 0.15) is 66.0 Å². The van der Waals surface area contributed by atoms with Crippen molar-refractivity contribution in [3.63, 3.8) is 0 Å². The molecular weight excluding hydrogens is 523 g/mol. The number of nitrogens with one attached hydrogen (secondary N) is 1. The van der Waals surface area contributed by atoms with Crippen molar-refractivity contribution < 1.29 is 32.6 Å². The number of aromatic carboxylic acids is 1. The molecule has 1 saturated carbocycles. The zero-order valence-electron chi connectivity index (χ0n) is 21.7. The molecule has 3 aromatic carbocycles. The summed E-state index contributed by atoms with van der Waals surface area (Å²) < 4.78 is 50.0. The Morgan fingerprint density at radius 2 is 1.62 bits per heavy atom. The number of carboxylic acid groups (broad SMARTS) is 1. The van der Waals surface area contributed by atoms with Crippen molar-refractivity contribution in [3.05, 3.63) is 95.1 Å². The molecule has 7 nitrogen and oxygen atoms in total. The fourth-order valence-corrected chi connectivity index (χ4v) is 5.52. The number of ether oxygens (including phenoxy) is 1. The van der Waals surface area contributed by atoms with Crippen LogP contribution in [0.15, 0.2) is 60.7 Å². The maximum absolute atomic E-state index is 14.6. The van der Waals surface area contributed by atoms with E-state index in [9.17, 15) is 27.9 Å². The van der Waals surface area contributed by atoms with Crippen molar-refractivity contribution in [2.24, 2.45) is 5.92 Å². The smallest absolute Gasteiger partial charge is 0.335 e. The van der Waals surface area contributed by atoms with Crippen LogP contribution >= 0.6 is 0 Å².